The standard InChI is InChI=1S/C26H28N2O3/c1-31-24-15-13-22(14-16-24)19-25(29)27-17-8-18-28(23-11-6-3-7-12-23)26(30)20-21-9-4-2-5-10-21/h2-7,9-16H,8,17-20H2,1H3,(H,27,29). The quantitative estimate of drug-likeness (QED) is 0.508. The summed E-state index contributed by atoms with van der Waals surface area (Å²) >= 11 is 0. The van der Waals surface area contributed by atoms with Crippen molar-refractivity contribution >= 4 is 17.5 Å². The van der Waals surface area contributed by atoms with E-state index in [1.165, 1.54) is 0 Å². The summed E-state index contributed by atoms with van der Waals surface area (Å²) in [5.74, 6) is 0.777. The Morgan fingerprint density at radius 1 is 0.806 bits per heavy atom. The number of para-hydroxylation sites is 1. The molecule has 0 radical (unpaired) electrons. The van der Waals surface area contributed by atoms with E-state index in [9.17, 15) is 9.59 Å². The lowest BCUT2D eigenvalue weighted by molar-refractivity contribution is -0.120. The normalized spacial score (nSPS) is 10.4. The minimum Gasteiger partial charge on any atom is -0.497 e. The molecule has 0 unspecified atom stereocenters. The van der Waals surface area contributed by atoms with Gasteiger partial charge in [0.15, 0.2) is 0 Å². The Hall–Kier alpha value is -3.60. The van der Waals surface area contributed by atoms with Gasteiger partial charge in [-0.05, 0) is 41.8 Å². The van der Waals surface area contributed by atoms with Crippen LogP contribution in [0.15, 0.2) is 84.9 Å². The number of benzene rings is 3. The predicted octanol–water partition coefficient (Wildman–Crippen LogP) is 4.02. The molecule has 0 atom stereocenters. The number of ether oxygens (including phenoxy) is 1. The van der Waals surface area contributed by atoms with Crippen molar-refractivity contribution in [3.63, 3.8) is 0 Å². The van der Waals surface area contributed by atoms with Crippen LogP contribution in [0.25, 0.3) is 0 Å². The minimum absolute atomic E-state index is 0.0351. The zero-order valence-corrected chi connectivity index (χ0v) is 17.8. The van der Waals surface area contributed by atoms with E-state index in [2.05, 4.69) is 5.32 Å². The van der Waals surface area contributed by atoms with E-state index >= 15 is 0 Å². The summed E-state index contributed by atoms with van der Waals surface area (Å²) in [5.41, 5.74) is 2.79. The lowest BCUT2D eigenvalue weighted by Gasteiger charge is -2.23. The molecule has 0 aromatic heterocycles. The Balaban J connectivity index is 1.51. The van der Waals surface area contributed by atoms with Gasteiger partial charge in [0.1, 0.15) is 5.75 Å². The van der Waals surface area contributed by atoms with Gasteiger partial charge in [-0.1, -0.05) is 60.7 Å². The van der Waals surface area contributed by atoms with Crippen LogP contribution in [0.1, 0.15) is 17.5 Å². The van der Waals surface area contributed by atoms with E-state index in [0.29, 0.717) is 32.4 Å². The average molecular weight is 417 g/mol. The first-order valence-corrected chi connectivity index (χ1v) is 10.4. The van der Waals surface area contributed by atoms with E-state index in [1.54, 1.807) is 12.0 Å². The maximum absolute atomic E-state index is 13.0. The fraction of sp³-hybridized carbons (Fsp3) is 0.231. The zero-order chi connectivity index (χ0) is 21.9. The lowest BCUT2D eigenvalue weighted by Crippen LogP contribution is -2.35. The summed E-state index contributed by atoms with van der Waals surface area (Å²) in [7, 11) is 1.62. The number of rotatable bonds is 10. The zero-order valence-electron chi connectivity index (χ0n) is 17.8. The van der Waals surface area contributed by atoms with Gasteiger partial charge >= 0.3 is 0 Å². The molecular weight excluding hydrogens is 388 g/mol. The molecule has 31 heavy (non-hydrogen) atoms. The smallest absolute Gasteiger partial charge is 0.231 e. The lowest BCUT2D eigenvalue weighted by atomic mass is 10.1. The van der Waals surface area contributed by atoms with Gasteiger partial charge in [0, 0.05) is 18.8 Å². The number of carbonyl (C=O) groups excluding carboxylic acids is 2. The van der Waals surface area contributed by atoms with Crippen LogP contribution in [0.3, 0.4) is 0 Å². The van der Waals surface area contributed by atoms with Crippen molar-refractivity contribution in [1.29, 1.82) is 0 Å². The van der Waals surface area contributed by atoms with Gasteiger partial charge in [0.25, 0.3) is 0 Å². The third kappa shape index (κ3) is 7.00. The molecule has 3 aromatic carbocycles. The molecule has 5 heteroatoms. The fourth-order valence-corrected chi connectivity index (χ4v) is 3.33. The molecule has 0 heterocycles. The second-order valence-corrected chi connectivity index (χ2v) is 7.27. The number of methoxy groups -OCH3 is 1. The third-order valence-corrected chi connectivity index (χ3v) is 4.97. The van der Waals surface area contributed by atoms with Gasteiger partial charge in [-0.2, -0.15) is 0 Å². The van der Waals surface area contributed by atoms with Crippen molar-refractivity contribution in [3.8, 4) is 5.75 Å². The van der Waals surface area contributed by atoms with E-state index in [1.807, 2.05) is 84.9 Å². The second kappa shape index (κ2) is 11.6. The molecule has 0 aliphatic carbocycles. The summed E-state index contributed by atoms with van der Waals surface area (Å²) in [6.45, 7) is 1.05. The minimum atomic E-state index is -0.0351. The number of nitrogens with zero attached hydrogens (tertiary/aromatic N) is 1. The van der Waals surface area contributed by atoms with Crippen LogP contribution in [0.4, 0.5) is 5.69 Å². The van der Waals surface area contributed by atoms with E-state index < -0.39 is 0 Å². The molecule has 0 bridgehead atoms. The van der Waals surface area contributed by atoms with Gasteiger partial charge in [-0.15, -0.1) is 0 Å². The average Bonchev–Trinajstić information content (AvgIpc) is 2.80. The first-order valence-electron chi connectivity index (χ1n) is 10.4. The number of nitrogens with one attached hydrogen (secondary N) is 1. The highest BCUT2D eigenvalue weighted by molar-refractivity contribution is 5.94. The molecular formula is C26H28N2O3. The van der Waals surface area contributed by atoms with Crippen molar-refractivity contribution < 1.29 is 14.3 Å². The van der Waals surface area contributed by atoms with E-state index in [-0.39, 0.29) is 11.8 Å². The largest absolute Gasteiger partial charge is 0.497 e. The van der Waals surface area contributed by atoms with Crippen molar-refractivity contribution in [2.75, 3.05) is 25.1 Å². The molecule has 3 aromatic rings. The van der Waals surface area contributed by atoms with Crippen molar-refractivity contribution in [2.45, 2.75) is 19.3 Å². The molecule has 0 aliphatic heterocycles. The highest BCUT2D eigenvalue weighted by Gasteiger charge is 2.16. The molecule has 0 saturated carbocycles. The summed E-state index contributed by atoms with van der Waals surface area (Å²) < 4.78 is 5.14. The van der Waals surface area contributed by atoms with Gasteiger partial charge in [-0.3, -0.25) is 9.59 Å². The maximum atomic E-state index is 13.0. The highest BCUT2D eigenvalue weighted by atomic mass is 16.5. The fourth-order valence-electron chi connectivity index (χ4n) is 3.33. The molecule has 0 fully saturated rings. The Morgan fingerprint density at radius 3 is 2.06 bits per heavy atom. The monoisotopic (exact) mass is 416 g/mol. The molecule has 3 rings (SSSR count). The molecule has 0 spiro atoms. The Kier molecular flexibility index (Phi) is 8.23. The van der Waals surface area contributed by atoms with Gasteiger partial charge in [0.05, 0.1) is 20.0 Å². The van der Waals surface area contributed by atoms with Crippen LogP contribution < -0.4 is 15.0 Å². The second-order valence-electron chi connectivity index (χ2n) is 7.27. The summed E-state index contributed by atoms with van der Waals surface area (Å²) in [5, 5.41) is 2.95. The van der Waals surface area contributed by atoms with Crippen molar-refractivity contribution in [1.82, 2.24) is 5.32 Å². The van der Waals surface area contributed by atoms with Gasteiger partial charge in [0.2, 0.25) is 11.8 Å². The summed E-state index contributed by atoms with van der Waals surface area (Å²) in [6.07, 6.45) is 1.34. The van der Waals surface area contributed by atoms with Gasteiger partial charge in [-0.25, -0.2) is 0 Å². The number of anilines is 1. The molecule has 5 nitrogen and oxygen atoms in total. The highest BCUT2D eigenvalue weighted by Crippen LogP contribution is 2.16. The summed E-state index contributed by atoms with van der Waals surface area (Å²) in [6, 6.07) is 26.9. The van der Waals surface area contributed by atoms with Crippen LogP contribution in [0.5, 0.6) is 5.75 Å². The topological polar surface area (TPSA) is 58.6 Å². The summed E-state index contributed by atoms with van der Waals surface area (Å²) in [4.78, 5) is 27.0. The Bertz CT molecular complexity index is 957. The van der Waals surface area contributed by atoms with Gasteiger partial charge < -0.3 is 15.0 Å². The van der Waals surface area contributed by atoms with Crippen molar-refractivity contribution in [3.05, 3.63) is 96.1 Å². The number of amides is 2. The Labute approximate surface area is 183 Å². The SMILES string of the molecule is COc1ccc(CC(=O)NCCCN(C(=O)Cc2ccccc2)c2ccccc2)cc1. The van der Waals surface area contributed by atoms with Crippen LogP contribution in [-0.4, -0.2) is 32.0 Å². The maximum Gasteiger partial charge on any atom is 0.231 e. The van der Waals surface area contributed by atoms with Crippen LogP contribution in [0, 0.1) is 0 Å². The molecule has 2 amide bonds. The number of hydrogen-bond donors (Lipinski definition) is 1. The number of hydrogen-bond acceptors (Lipinski definition) is 3. The van der Waals surface area contributed by atoms with Crippen LogP contribution >= 0.6 is 0 Å². The first-order chi connectivity index (χ1) is 15.2. The molecule has 160 valence electrons. The third-order valence-electron chi connectivity index (χ3n) is 4.97. The predicted molar refractivity (Wildman–Crippen MR) is 123 cm³/mol. The molecule has 0 aliphatic rings. The van der Waals surface area contributed by atoms with E-state index in [0.717, 1.165) is 22.6 Å². The molecule has 1 N–H and O–H groups in total. The number of carbonyl (C=O) groups is 2. The van der Waals surface area contributed by atoms with E-state index in [4.69, 9.17) is 4.74 Å². The van der Waals surface area contributed by atoms with Crippen molar-refractivity contribution in [2.24, 2.45) is 0 Å². The first kappa shape index (κ1) is 22.1. The Morgan fingerprint density at radius 2 is 1.42 bits per heavy atom. The van der Waals surface area contributed by atoms with Crippen LogP contribution in [-0.2, 0) is 22.4 Å². The molecule has 0 saturated heterocycles. The van der Waals surface area contributed by atoms with Crippen LogP contribution in [0.2, 0.25) is 0 Å².